The van der Waals surface area contributed by atoms with Crippen LogP contribution >= 0.6 is 11.8 Å². The molecular formula is C14H20N2S. The van der Waals surface area contributed by atoms with E-state index in [4.69, 9.17) is 0 Å². The highest BCUT2D eigenvalue weighted by molar-refractivity contribution is 8.14. The highest BCUT2D eigenvalue weighted by atomic mass is 32.2. The first-order chi connectivity index (χ1) is 8.11. The number of thioether (sulfide) groups is 1. The molecule has 1 N–H and O–H groups in total. The van der Waals surface area contributed by atoms with Crippen molar-refractivity contribution in [2.75, 3.05) is 17.6 Å². The molecule has 0 fully saturated rings. The first-order valence-corrected chi connectivity index (χ1v) is 7.11. The van der Waals surface area contributed by atoms with Crippen molar-refractivity contribution < 1.29 is 0 Å². The predicted octanol–water partition coefficient (Wildman–Crippen LogP) is 3.79. The van der Waals surface area contributed by atoms with Crippen LogP contribution in [0.4, 0.5) is 5.69 Å². The van der Waals surface area contributed by atoms with Crippen molar-refractivity contribution in [3.05, 3.63) is 29.8 Å². The van der Waals surface area contributed by atoms with Crippen LogP contribution in [0, 0.1) is 5.41 Å². The van der Waals surface area contributed by atoms with Crippen LogP contribution in [0.25, 0.3) is 0 Å². The van der Waals surface area contributed by atoms with E-state index in [9.17, 15) is 0 Å². The Morgan fingerprint density at radius 2 is 2.12 bits per heavy atom. The molecule has 1 aromatic carbocycles. The number of aryl methyl sites for hydroxylation is 1. The molecule has 1 heterocycles. The standard InChI is InChI=1S/C14H20N2S/c1-4-11-7-5-6-8-12(11)16-13-15-9-14(2,3)10-17-13/h5-8H,4,9-10H2,1-3H3,(H,15,16). The van der Waals surface area contributed by atoms with Gasteiger partial charge in [-0.1, -0.05) is 50.7 Å². The number of para-hydroxylation sites is 1. The van der Waals surface area contributed by atoms with E-state index in [1.165, 1.54) is 11.3 Å². The average Bonchev–Trinajstić information content (AvgIpc) is 2.32. The van der Waals surface area contributed by atoms with Gasteiger partial charge in [-0.25, -0.2) is 0 Å². The predicted molar refractivity (Wildman–Crippen MR) is 78.0 cm³/mol. The van der Waals surface area contributed by atoms with E-state index in [1.54, 1.807) is 0 Å². The van der Waals surface area contributed by atoms with Gasteiger partial charge in [0, 0.05) is 18.0 Å². The Bertz CT molecular complexity index is 424. The molecule has 0 aliphatic carbocycles. The average molecular weight is 248 g/mol. The third-order valence-electron chi connectivity index (χ3n) is 2.89. The van der Waals surface area contributed by atoms with Crippen molar-refractivity contribution in [3.8, 4) is 0 Å². The second kappa shape index (κ2) is 5.13. The van der Waals surface area contributed by atoms with Crippen molar-refractivity contribution in [3.63, 3.8) is 0 Å². The van der Waals surface area contributed by atoms with E-state index >= 15 is 0 Å². The lowest BCUT2D eigenvalue weighted by Crippen LogP contribution is -2.27. The molecule has 0 atom stereocenters. The number of nitrogens with zero attached hydrogens (tertiary/aromatic N) is 1. The van der Waals surface area contributed by atoms with Crippen LogP contribution in [0.2, 0.25) is 0 Å². The summed E-state index contributed by atoms with van der Waals surface area (Å²) in [6.07, 6.45) is 1.05. The molecule has 0 unspecified atom stereocenters. The van der Waals surface area contributed by atoms with Crippen molar-refractivity contribution in [2.24, 2.45) is 10.4 Å². The van der Waals surface area contributed by atoms with E-state index in [2.05, 4.69) is 55.3 Å². The van der Waals surface area contributed by atoms with Crippen LogP contribution in [0.15, 0.2) is 29.3 Å². The SMILES string of the molecule is CCc1ccccc1NC1=NCC(C)(C)CS1. The van der Waals surface area contributed by atoms with Gasteiger partial charge in [-0.2, -0.15) is 0 Å². The van der Waals surface area contributed by atoms with Crippen LogP contribution in [0.5, 0.6) is 0 Å². The number of benzene rings is 1. The zero-order valence-electron chi connectivity index (χ0n) is 10.8. The maximum absolute atomic E-state index is 4.62. The highest BCUT2D eigenvalue weighted by Crippen LogP contribution is 2.29. The fourth-order valence-corrected chi connectivity index (χ4v) is 2.74. The van der Waals surface area contributed by atoms with Crippen LogP contribution in [-0.2, 0) is 6.42 Å². The Morgan fingerprint density at radius 3 is 2.76 bits per heavy atom. The van der Waals surface area contributed by atoms with Gasteiger partial charge in [-0.3, -0.25) is 4.99 Å². The van der Waals surface area contributed by atoms with Crippen molar-refractivity contribution in [2.45, 2.75) is 27.2 Å². The van der Waals surface area contributed by atoms with Gasteiger partial charge in [0.25, 0.3) is 0 Å². The van der Waals surface area contributed by atoms with E-state index in [0.717, 1.165) is 23.9 Å². The molecule has 0 radical (unpaired) electrons. The summed E-state index contributed by atoms with van der Waals surface area (Å²) in [6.45, 7) is 7.62. The minimum absolute atomic E-state index is 0.333. The van der Waals surface area contributed by atoms with Crippen LogP contribution < -0.4 is 5.32 Å². The van der Waals surface area contributed by atoms with Gasteiger partial charge in [0.15, 0.2) is 5.17 Å². The van der Waals surface area contributed by atoms with Crippen molar-refractivity contribution in [1.29, 1.82) is 0 Å². The Kier molecular flexibility index (Phi) is 3.77. The molecule has 1 aliphatic heterocycles. The highest BCUT2D eigenvalue weighted by Gasteiger charge is 2.23. The van der Waals surface area contributed by atoms with Crippen LogP contribution in [-0.4, -0.2) is 17.5 Å². The molecule has 0 amide bonds. The molecule has 0 saturated carbocycles. The molecule has 0 aromatic heterocycles. The molecule has 3 heteroatoms. The molecule has 2 rings (SSSR count). The summed E-state index contributed by atoms with van der Waals surface area (Å²) in [5, 5.41) is 4.51. The molecule has 0 spiro atoms. The smallest absolute Gasteiger partial charge is 0.161 e. The number of amidine groups is 1. The third kappa shape index (κ3) is 3.25. The molecule has 0 saturated heterocycles. The van der Waals surface area contributed by atoms with Gasteiger partial charge in [0.1, 0.15) is 0 Å². The topological polar surface area (TPSA) is 24.4 Å². The van der Waals surface area contributed by atoms with E-state index in [1.807, 2.05) is 11.8 Å². The van der Waals surface area contributed by atoms with Crippen LogP contribution in [0.3, 0.4) is 0 Å². The second-order valence-electron chi connectivity index (χ2n) is 5.21. The van der Waals surface area contributed by atoms with E-state index in [-0.39, 0.29) is 0 Å². The zero-order chi connectivity index (χ0) is 12.3. The monoisotopic (exact) mass is 248 g/mol. The Labute approximate surface area is 108 Å². The van der Waals surface area contributed by atoms with Gasteiger partial charge in [0.2, 0.25) is 0 Å². The molecular weight excluding hydrogens is 228 g/mol. The summed E-state index contributed by atoms with van der Waals surface area (Å²) >= 11 is 1.82. The van der Waals surface area contributed by atoms with E-state index in [0.29, 0.717) is 5.41 Å². The van der Waals surface area contributed by atoms with Gasteiger partial charge in [-0.15, -0.1) is 0 Å². The number of hydrogen-bond acceptors (Lipinski definition) is 3. The molecule has 2 nitrogen and oxygen atoms in total. The fraction of sp³-hybridized carbons (Fsp3) is 0.500. The van der Waals surface area contributed by atoms with Crippen LogP contribution in [0.1, 0.15) is 26.3 Å². The van der Waals surface area contributed by atoms with E-state index < -0.39 is 0 Å². The van der Waals surface area contributed by atoms with Gasteiger partial charge in [-0.05, 0) is 23.5 Å². The number of rotatable bonds is 2. The molecule has 1 aromatic rings. The van der Waals surface area contributed by atoms with Gasteiger partial charge in [0.05, 0.1) is 0 Å². The number of nitrogens with one attached hydrogen (secondary N) is 1. The zero-order valence-corrected chi connectivity index (χ0v) is 11.6. The summed E-state index contributed by atoms with van der Waals surface area (Å²) in [4.78, 5) is 4.62. The Hall–Kier alpha value is -0.960. The Morgan fingerprint density at radius 1 is 1.35 bits per heavy atom. The van der Waals surface area contributed by atoms with Gasteiger partial charge < -0.3 is 5.32 Å². The lowest BCUT2D eigenvalue weighted by Gasteiger charge is -2.27. The quantitative estimate of drug-likeness (QED) is 0.861. The molecule has 17 heavy (non-hydrogen) atoms. The third-order valence-corrected chi connectivity index (χ3v) is 4.32. The minimum Gasteiger partial charge on any atom is -0.335 e. The second-order valence-corrected chi connectivity index (χ2v) is 6.17. The van der Waals surface area contributed by atoms with Crippen molar-refractivity contribution in [1.82, 2.24) is 0 Å². The maximum atomic E-state index is 4.62. The number of aliphatic imine (C=N–C) groups is 1. The first-order valence-electron chi connectivity index (χ1n) is 6.13. The van der Waals surface area contributed by atoms with Crippen molar-refractivity contribution >= 4 is 22.6 Å². The number of hydrogen-bond donors (Lipinski definition) is 1. The lowest BCUT2D eigenvalue weighted by molar-refractivity contribution is 0.438. The molecule has 0 bridgehead atoms. The molecule has 1 aliphatic rings. The summed E-state index contributed by atoms with van der Waals surface area (Å²) in [5.41, 5.74) is 2.88. The summed E-state index contributed by atoms with van der Waals surface area (Å²) in [6, 6.07) is 8.45. The summed E-state index contributed by atoms with van der Waals surface area (Å²) in [5.74, 6) is 1.13. The minimum atomic E-state index is 0.333. The summed E-state index contributed by atoms with van der Waals surface area (Å²) in [7, 11) is 0. The maximum Gasteiger partial charge on any atom is 0.161 e. The summed E-state index contributed by atoms with van der Waals surface area (Å²) < 4.78 is 0. The Balaban J connectivity index is 2.09. The lowest BCUT2D eigenvalue weighted by atomic mass is 9.97. The first kappa shape index (κ1) is 12.5. The largest absolute Gasteiger partial charge is 0.335 e. The van der Waals surface area contributed by atoms with Gasteiger partial charge >= 0.3 is 0 Å². The fourth-order valence-electron chi connectivity index (χ4n) is 1.78. The number of anilines is 1. The molecule has 92 valence electrons. The normalized spacial score (nSPS) is 18.6.